The van der Waals surface area contributed by atoms with Gasteiger partial charge < -0.3 is 20.4 Å². The van der Waals surface area contributed by atoms with Gasteiger partial charge in [0.25, 0.3) is 0 Å². The first-order valence-corrected chi connectivity index (χ1v) is 10.4. The molecule has 1 saturated carbocycles. The predicted molar refractivity (Wildman–Crippen MR) is 108 cm³/mol. The zero-order valence-electron chi connectivity index (χ0n) is 17.2. The van der Waals surface area contributed by atoms with E-state index >= 15 is 0 Å². The Hall–Kier alpha value is -0.810. The van der Waals surface area contributed by atoms with Gasteiger partial charge in [0.1, 0.15) is 0 Å². The molecule has 1 heterocycles. The van der Waals surface area contributed by atoms with Crippen molar-refractivity contribution in [3.63, 3.8) is 0 Å². The lowest BCUT2D eigenvalue weighted by Crippen LogP contribution is -2.52. The van der Waals surface area contributed by atoms with Crippen LogP contribution in [-0.2, 0) is 0 Å². The molecule has 2 aliphatic rings. The standard InChI is InChI=1S/C20H41N5/c1-16(2)25-13-11-18(12-14-25)23-20(21-3)22-15-19(24(4)5)17-9-7-6-8-10-17/h16-19H,6-15H2,1-5H3,(H2,21,22,23). The number of rotatable bonds is 6. The number of nitrogens with one attached hydrogen (secondary N) is 2. The zero-order valence-corrected chi connectivity index (χ0v) is 17.2. The molecule has 0 aromatic carbocycles. The quantitative estimate of drug-likeness (QED) is 0.570. The molecule has 2 N–H and O–H groups in total. The molecule has 1 aliphatic heterocycles. The number of likely N-dealkylation sites (N-methyl/N-ethyl adjacent to an activating group) is 1. The number of nitrogens with zero attached hydrogens (tertiary/aromatic N) is 3. The summed E-state index contributed by atoms with van der Waals surface area (Å²) < 4.78 is 0. The van der Waals surface area contributed by atoms with Gasteiger partial charge in [-0.2, -0.15) is 0 Å². The third kappa shape index (κ3) is 6.45. The number of piperidine rings is 1. The van der Waals surface area contributed by atoms with Crippen LogP contribution < -0.4 is 10.6 Å². The van der Waals surface area contributed by atoms with E-state index in [1.165, 1.54) is 58.0 Å². The Morgan fingerprint density at radius 3 is 2.24 bits per heavy atom. The minimum Gasteiger partial charge on any atom is -0.355 e. The largest absolute Gasteiger partial charge is 0.355 e. The molecule has 0 radical (unpaired) electrons. The van der Waals surface area contributed by atoms with Gasteiger partial charge in [0.2, 0.25) is 0 Å². The Morgan fingerprint density at radius 2 is 1.72 bits per heavy atom. The fourth-order valence-corrected chi connectivity index (χ4v) is 4.44. The Morgan fingerprint density at radius 1 is 1.08 bits per heavy atom. The summed E-state index contributed by atoms with van der Waals surface area (Å²) in [6, 6.07) is 1.81. The van der Waals surface area contributed by atoms with Crippen molar-refractivity contribution in [1.29, 1.82) is 0 Å². The van der Waals surface area contributed by atoms with Crippen LogP contribution in [0.25, 0.3) is 0 Å². The predicted octanol–water partition coefficient (Wildman–Crippen LogP) is 2.53. The lowest BCUT2D eigenvalue weighted by atomic mass is 9.83. The fourth-order valence-electron chi connectivity index (χ4n) is 4.44. The van der Waals surface area contributed by atoms with Gasteiger partial charge in [0.05, 0.1) is 0 Å². The lowest BCUT2D eigenvalue weighted by Gasteiger charge is -2.37. The molecule has 146 valence electrons. The van der Waals surface area contributed by atoms with Crippen molar-refractivity contribution in [3.05, 3.63) is 0 Å². The molecule has 1 saturated heterocycles. The number of hydrogen-bond donors (Lipinski definition) is 2. The molecule has 1 atom stereocenters. The molecule has 0 spiro atoms. The Kier molecular flexibility index (Phi) is 8.50. The average molecular weight is 352 g/mol. The van der Waals surface area contributed by atoms with Gasteiger partial charge >= 0.3 is 0 Å². The van der Waals surface area contributed by atoms with Crippen molar-refractivity contribution >= 4 is 5.96 Å². The maximum Gasteiger partial charge on any atom is 0.191 e. The minimum atomic E-state index is 0.550. The van der Waals surface area contributed by atoms with Crippen molar-refractivity contribution in [2.24, 2.45) is 10.9 Å². The first kappa shape index (κ1) is 20.5. The number of guanidine groups is 1. The highest BCUT2D eigenvalue weighted by molar-refractivity contribution is 5.80. The second-order valence-electron chi connectivity index (χ2n) is 8.43. The van der Waals surface area contributed by atoms with Crippen LogP contribution >= 0.6 is 0 Å². The SMILES string of the molecule is CN=C(NCC(C1CCCCC1)N(C)C)NC1CCN(C(C)C)CC1. The molecule has 0 aromatic heterocycles. The van der Waals surface area contributed by atoms with E-state index < -0.39 is 0 Å². The molecule has 5 nitrogen and oxygen atoms in total. The number of likely N-dealkylation sites (tertiary alicyclic amines) is 1. The lowest BCUT2D eigenvalue weighted by molar-refractivity contribution is 0.165. The average Bonchev–Trinajstić information content (AvgIpc) is 2.62. The van der Waals surface area contributed by atoms with E-state index in [2.05, 4.69) is 53.4 Å². The van der Waals surface area contributed by atoms with Crippen LogP contribution in [0.3, 0.4) is 0 Å². The van der Waals surface area contributed by atoms with Gasteiger partial charge in [-0.05, 0) is 59.5 Å². The molecule has 2 fully saturated rings. The Labute approximate surface area is 155 Å². The summed E-state index contributed by atoms with van der Waals surface area (Å²) >= 11 is 0. The Balaban J connectivity index is 1.78. The van der Waals surface area contributed by atoms with E-state index in [4.69, 9.17) is 0 Å². The van der Waals surface area contributed by atoms with Crippen LogP contribution in [0, 0.1) is 5.92 Å². The summed E-state index contributed by atoms with van der Waals surface area (Å²) in [5.74, 6) is 1.80. The second kappa shape index (κ2) is 10.4. The third-order valence-corrected chi connectivity index (χ3v) is 6.16. The van der Waals surface area contributed by atoms with E-state index in [1.807, 2.05) is 7.05 Å². The van der Waals surface area contributed by atoms with Crippen LogP contribution in [0.1, 0.15) is 58.8 Å². The summed E-state index contributed by atoms with van der Waals surface area (Å²) in [7, 11) is 6.33. The fraction of sp³-hybridized carbons (Fsp3) is 0.950. The first-order valence-electron chi connectivity index (χ1n) is 10.4. The van der Waals surface area contributed by atoms with Gasteiger partial charge in [0, 0.05) is 44.8 Å². The molecular formula is C20H41N5. The molecular weight excluding hydrogens is 310 g/mol. The van der Waals surface area contributed by atoms with Crippen molar-refractivity contribution < 1.29 is 0 Å². The van der Waals surface area contributed by atoms with Gasteiger partial charge in [-0.25, -0.2) is 0 Å². The van der Waals surface area contributed by atoms with Crippen molar-refractivity contribution in [3.8, 4) is 0 Å². The monoisotopic (exact) mass is 351 g/mol. The van der Waals surface area contributed by atoms with Crippen LogP contribution in [0.5, 0.6) is 0 Å². The smallest absolute Gasteiger partial charge is 0.191 e. The molecule has 25 heavy (non-hydrogen) atoms. The van der Waals surface area contributed by atoms with E-state index in [0.717, 1.165) is 18.4 Å². The second-order valence-corrected chi connectivity index (χ2v) is 8.43. The minimum absolute atomic E-state index is 0.550. The van der Waals surface area contributed by atoms with Crippen LogP contribution in [0.4, 0.5) is 0 Å². The van der Waals surface area contributed by atoms with Crippen molar-refractivity contribution in [2.75, 3.05) is 40.8 Å². The van der Waals surface area contributed by atoms with E-state index in [0.29, 0.717) is 18.1 Å². The summed E-state index contributed by atoms with van der Waals surface area (Å²) in [6.45, 7) is 7.95. The summed E-state index contributed by atoms with van der Waals surface area (Å²) in [6.07, 6.45) is 9.39. The van der Waals surface area contributed by atoms with Crippen LogP contribution in [0.2, 0.25) is 0 Å². The molecule has 1 aliphatic carbocycles. The molecule has 5 heteroatoms. The number of aliphatic imine (C=N–C) groups is 1. The van der Waals surface area contributed by atoms with E-state index in [1.54, 1.807) is 0 Å². The summed E-state index contributed by atoms with van der Waals surface area (Å²) in [4.78, 5) is 9.44. The topological polar surface area (TPSA) is 42.9 Å². The third-order valence-electron chi connectivity index (χ3n) is 6.16. The van der Waals surface area contributed by atoms with Crippen molar-refractivity contribution in [2.45, 2.75) is 76.9 Å². The highest BCUT2D eigenvalue weighted by atomic mass is 15.2. The zero-order chi connectivity index (χ0) is 18.2. The van der Waals surface area contributed by atoms with Gasteiger partial charge in [0.15, 0.2) is 5.96 Å². The van der Waals surface area contributed by atoms with Gasteiger partial charge in [-0.3, -0.25) is 4.99 Å². The number of hydrogen-bond acceptors (Lipinski definition) is 3. The molecule has 0 aromatic rings. The van der Waals surface area contributed by atoms with Crippen molar-refractivity contribution in [1.82, 2.24) is 20.4 Å². The first-order chi connectivity index (χ1) is 12.0. The summed E-state index contributed by atoms with van der Waals surface area (Å²) in [5, 5.41) is 7.27. The maximum atomic E-state index is 4.48. The highest BCUT2D eigenvalue weighted by Gasteiger charge is 2.26. The van der Waals surface area contributed by atoms with Crippen LogP contribution in [0.15, 0.2) is 4.99 Å². The Bertz CT molecular complexity index is 393. The van der Waals surface area contributed by atoms with Gasteiger partial charge in [-0.1, -0.05) is 19.3 Å². The summed E-state index contributed by atoms with van der Waals surface area (Å²) in [5.41, 5.74) is 0. The molecule has 1 unspecified atom stereocenters. The molecule has 2 rings (SSSR count). The van der Waals surface area contributed by atoms with Crippen LogP contribution in [-0.4, -0.2) is 74.7 Å². The van der Waals surface area contributed by atoms with E-state index in [9.17, 15) is 0 Å². The normalized spacial score (nSPS) is 23.2. The molecule has 0 bridgehead atoms. The maximum absolute atomic E-state index is 4.48. The van der Waals surface area contributed by atoms with Gasteiger partial charge in [-0.15, -0.1) is 0 Å². The molecule has 0 amide bonds. The van der Waals surface area contributed by atoms with E-state index in [-0.39, 0.29) is 0 Å². The highest BCUT2D eigenvalue weighted by Crippen LogP contribution is 2.28.